The average Bonchev–Trinajstić information content (AvgIpc) is 2.38. The lowest BCUT2D eigenvalue weighted by atomic mass is 10.0. The van der Waals surface area contributed by atoms with Crippen LogP contribution < -0.4 is 10.5 Å². The Morgan fingerprint density at radius 2 is 1.82 bits per heavy atom. The van der Waals surface area contributed by atoms with Crippen LogP contribution in [-0.2, 0) is 0 Å². The molecule has 1 aromatic rings. The second-order valence-electron chi connectivity index (χ2n) is 4.55. The molecule has 3 heteroatoms. The number of benzene rings is 1. The molecule has 1 saturated carbocycles. The molecule has 0 unspecified atom stereocenters. The van der Waals surface area contributed by atoms with Gasteiger partial charge in [0.1, 0.15) is 5.75 Å². The van der Waals surface area contributed by atoms with Crippen LogP contribution in [0.15, 0.2) is 24.3 Å². The topological polar surface area (TPSA) is 35.2 Å². The summed E-state index contributed by atoms with van der Waals surface area (Å²) in [6.45, 7) is 0.797. The normalized spacial score (nSPS) is 16.9. The number of hydrogen-bond acceptors (Lipinski definition) is 3. The molecule has 1 aromatic carbocycles. The Morgan fingerprint density at radius 1 is 1.12 bits per heavy atom. The smallest absolute Gasteiger partial charge is 0.119 e. The first-order valence-corrected chi connectivity index (χ1v) is 7.49. The predicted octanol–water partition coefficient (Wildman–Crippen LogP) is 3.71. The summed E-state index contributed by atoms with van der Waals surface area (Å²) in [5.74, 6) is 2.01. The van der Waals surface area contributed by atoms with Gasteiger partial charge in [-0.05, 0) is 37.1 Å². The van der Waals surface area contributed by atoms with Crippen LogP contribution in [0.1, 0.15) is 32.1 Å². The molecule has 0 bridgehead atoms. The summed E-state index contributed by atoms with van der Waals surface area (Å²) in [5, 5.41) is 0.874. The van der Waals surface area contributed by atoms with E-state index in [-0.39, 0.29) is 0 Å². The zero-order valence-corrected chi connectivity index (χ0v) is 11.0. The van der Waals surface area contributed by atoms with E-state index in [0.717, 1.165) is 29.0 Å². The molecule has 17 heavy (non-hydrogen) atoms. The maximum absolute atomic E-state index is 5.68. The van der Waals surface area contributed by atoms with Gasteiger partial charge < -0.3 is 10.5 Å². The molecule has 1 fully saturated rings. The summed E-state index contributed by atoms with van der Waals surface area (Å²) < 4.78 is 5.68. The molecule has 2 N–H and O–H groups in total. The van der Waals surface area contributed by atoms with E-state index < -0.39 is 0 Å². The van der Waals surface area contributed by atoms with Crippen LogP contribution in [0.2, 0.25) is 0 Å². The van der Waals surface area contributed by atoms with Crippen LogP contribution in [0.5, 0.6) is 5.75 Å². The van der Waals surface area contributed by atoms with Crippen LogP contribution in [0, 0.1) is 0 Å². The fraction of sp³-hybridized carbons (Fsp3) is 0.571. The standard InChI is InChI=1S/C14H21NOS/c15-12-6-8-13(9-7-12)16-10-11-17-14-4-2-1-3-5-14/h6-9,14H,1-5,10-11,15H2. The number of thioether (sulfide) groups is 1. The van der Waals surface area contributed by atoms with Crippen molar-refractivity contribution in [1.29, 1.82) is 0 Å². The molecular weight excluding hydrogens is 230 g/mol. The van der Waals surface area contributed by atoms with E-state index in [9.17, 15) is 0 Å². The molecule has 0 saturated heterocycles. The zero-order chi connectivity index (χ0) is 11.9. The van der Waals surface area contributed by atoms with Gasteiger partial charge in [0.15, 0.2) is 0 Å². The monoisotopic (exact) mass is 251 g/mol. The minimum atomic E-state index is 0.786. The molecule has 0 radical (unpaired) electrons. The Labute approximate surface area is 108 Å². The third-order valence-electron chi connectivity index (χ3n) is 3.14. The van der Waals surface area contributed by atoms with E-state index >= 15 is 0 Å². The van der Waals surface area contributed by atoms with E-state index in [1.165, 1.54) is 32.1 Å². The molecule has 0 aromatic heterocycles. The number of ether oxygens (including phenoxy) is 1. The minimum absolute atomic E-state index is 0.786. The van der Waals surface area contributed by atoms with Crippen molar-refractivity contribution in [3.05, 3.63) is 24.3 Å². The molecule has 2 rings (SSSR count). The highest BCUT2D eigenvalue weighted by atomic mass is 32.2. The van der Waals surface area contributed by atoms with Crippen molar-refractivity contribution in [3.8, 4) is 5.75 Å². The van der Waals surface area contributed by atoms with Crippen molar-refractivity contribution in [2.24, 2.45) is 0 Å². The third kappa shape index (κ3) is 4.50. The molecule has 0 amide bonds. The number of nitrogen functional groups attached to an aromatic ring is 1. The van der Waals surface area contributed by atoms with Crippen LogP contribution in [-0.4, -0.2) is 17.6 Å². The van der Waals surface area contributed by atoms with Gasteiger partial charge in [-0.25, -0.2) is 0 Å². The molecule has 2 nitrogen and oxygen atoms in total. The molecular formula is C14H21NOS. The predicted molar refractivity (Wildman–Crippen MR) is 75.7 cm³/mol. The molecule has 0 atom stereocenters. The lowest BCUT2D eigenvalue weighted by Crippen LogP contribution is -2.11. The fourth-order valence-electron chi connectivity index (χ4n) is 2.17. The van der Waals surface area contributed by atoms with Gasteiger partial charge in [-0.2, -0.15) is 11.8 Å². The quantitative estimate of drug-likeness (QED) is 0.640. The van der Waals surface area contributed by atoms with Gasteiger partial charge in [-0.1, -0.05) is 19.3 Å². The summed E-state index contributed by atoms with van der Waals surface area (Å²) >= 11 is 2.07. The molecule has 1 aliphatic carbocycles. The maximum atomic E-state index is 5.68. The summed E-state index contributed by atoms with van der Waals surface area (Å²) in [6.07, 6.45) is 7.05. The van der Waals surface area contributed by atoms with Gasteiger partial charge in [0, 0.05) is 16.7 Å². The highest BCUT2D eigenvalue weighted by molar-refractivity contribution is 7.99. The van der Waals surface area contributed by atoms with E-state index in [1.807, 2.05) is 24.3 Å². The number of anilines is 1. The molecule has 0 heterocycles. The molecule has 1 aliphatic rings. The summed E-state index contributed by atoms with van der Waals surface area (Å²) in [5.41, 5.74) is 6.41. The molecule has 94 valence electrons. The molecule has 0 aliphatic heterocycles. The van der Waals surface area contributed by atoms with Crippen LogP contribution in [0.3, 0.4) is 0 Å². The van der Waals surface area contributed by atoms with Crippen LogP contribution in [0.25, 0.3) is 0 Å². The minimum Gasteiger partial charge on any atom is -0.493 e. The average molecular weight is 251 g/mol. The van der Waals surface area contributed by atoms with Crippen molar-refractivity contribution in [2.75, 3.05) is 18.1 Å². The lowest BCUT2D eigenvalue weighted by molar-refractivity contribution is 0.343. The van der Waals surface area contributed by atoms with Gasteiger partial charge in [0.05, 0.1) is 6.61 Å². The largest absolute Gasteiger partial charge is 0.493 e. The van der Waals surface area contributed by atoms with E-state index in [2.05, 4.69) is 11.8 Å². The highest BCUT2D eigenvalue weighted by Gasteiger charge is 2.13. The number of rotatable bonds is 5. The fourth-order valence-corrected chi connectivity index (χ4v) is 3.35. The van der Waals surface area contributed by atoms with Gasteiger partial charge >= 0.3 is 0 Å². The SMILES string of the molecule is Nc1ccc(OCCSC2CCCCC2)cc1. The van der Waals surface area contributed by atoms with E-state index in [0.29, 0.717) is 0 Å². The second-order valence-corrected chi connectivity index (χ2v) is 5.96. The van der Waals surface area contributed by atoms with Crippen molar-refractivity contribution >= 4 is 17.4 Å². The Morgan fingerprint density at radius 3 is 2.53 bits per heavy atom. The summed E-state index contributed by atoms with van der Waals surface area (Å²) in [4.78, 5) is 0. The van der Waals surface area contributed by atoms with Crippen LogP contribution in [0.4, 0.5) is 5.69 Å². The van der Waals surface area contributed by atoms with E-state index in [1.54, 1.807) is 0 Å². The Hall–Kier alpha value is -0.830. The van der Waals surface area contributed by atoms with Gasteiger partial charge in [0.25, 0.3) is 0 Å². The van der Waals surface area contributed by atoms with Crippen molar-refractivity contribution in [3.63, 3.8) is 0 Å². The Bertz CT molecular complexity index is 319. The zero-order valence-electron chi connectivity index (χ0n) is 10.2. The van der Waals surface area contributed by atoms with Gasteiger partial charge in [0.2, 0.25) is 0 Å². The maximum Gasteiger partial charge on any atom is 0.119 e. The molecule has 0 spiro atoms. The Kier molecular flexibility index (Phi) is 5.05. The first-order valence-electron chi connectivity index (χ1n) is 6.44. The van der Waals surface area contributed by atoms with Gasteiger partial charge in [-0.15, -0.1) is 0 Å². The first kappa shape index (κ1) is 12.6. The first-order chi connectivity index (χ1) is 8.34. The van der Waals surface area contributed by atoms with E-state index in [4.69, 9.17) is 10.5 Å². The van der Waals surface area contributed by atoms with Gasteiger partial charge in [-0.3, -0.25) is 0 Å². The Balaban J connectivity index is 1.60. The van der Waals surface area contributed by atoms with Crippen LogP contribution >= 0.6 is 11.8 Å². The second kappa shape index (κ2) is 6.80. The van der Waals surface area contributed by atoms with Crippen molar-refractivity contribution in [2.45, 2.75) is 37.4 Å². The third-order valence-corrected chi connectivity index (χ3v) is 4.48. The van der Waals surface area contributed by atoms with Crippen molar-refractivity contribution < 1.29 is 4.74 Å². The lowest BCUT2D eigenvalue weighted by Gasteiger charge is -2.20. The van der Waals surface area contributed by atoms with Crippen molar-refractivity contribution in [1.82, 2.24) is 0 Å². The summed E-state index contributed by atoms with van der Waals surface area (Å²) in [6, 6.07) is 7.62. The number of hydrogen-bond donors (Lipinski definition) is 1. The summed E-state index contributed by atoms with van der Waals surface area (Å²) in [7, 11) is 0. The highest BCUT2D eigenvalue weighted by Crippen LogP contribution is 2.28. The number of nitrogens with two attached hydrogens (primary N) is 1.